The fourth-order valence-corrected chi connectivity index (χ4v) is 2.98. The fourth-order valence-electron chi connectivity index (χ4n) is 2.98. The standard InChI is InChI=1S/C19H19N5O3/c1-12-3-5-14(27-12)10-20-19(25)13-4-6-16-15(9-13)17-18(23-22-16)21-11-24(17)7-8-26-2/h3-6,9,11H,7-8,10H2,1-2H3,(H,20,25). The number of methoxy groups -OCH3 is 1. The van der Waals surface area contributed by atoms with Crippen LogP contribution in [0.3, 0.4) is 0 Å². The van der Waals surface area contributed by atoms with Crippen molar-refractivity contribution in [3.63, 3.8) is 0 Å². The van der Waals surface area contributed by atoms with Crippen LogP contribution in [0.25, 0.3) is 22.1 Å². The molecule has 4 aromatic rings. The molecule has 3 aromatic heterocycles. The van der Waals surface area contributed by atoms with E-state index >= 15 is 0 Å². The van der Waals surface area contributed by atoms with Crippen LogP contribution < -0.4 is 5.32 Å². The summed E-state index contributed by atoms with van der Waals surface area (Å²) in [5.41, 5.74) is 2.63. The summed E-state index contributed by atoms with van der Waals surface area (Å²) in [5.74, 6) is 1.35. The number of carbonyl (C=O) groups is 1. The van der Waals surface area contributed by atoms with Crippen molar-refractivity contribution in [2.45, 2.75) is 20.0 Å². The zero-order valence-electron chi connectivity index (χ0n) is 15.1. The number of nitrogens with one attached hydrogen (secondary N) is 1. The fraction of sp³-hybridized carbons (Fsp3) is 0.263. The minimum Gasteiger partial charge on any atom is -0.465 e. The molecule has 138 valence electrons. The van der Waals surface area contributed by atoms with Gasteiger partial charge in [0.15, 0.2) is 0 Å². The van der Waals surface area contributed by atoms with Gasteiger partial charge in [-0.25, -0.2) is 4.98 Å². The Balaban J connectivity index is 1.66. The summed E-state index contributed by atoms with van der Waals surface area (Å²) in [7, 11) is 1.65. The molecule has 8 heteroatoms. The van der Waals surface area contributed by atoms with Crippen molar-refractivity contribution in [3.8, 4) is 0 Å². The van der Waals surface area contributed by atoms with Crippen LogP contribution in [0, 0.1) is 6.92 Å². The first-order valence-electron chi connectivity index (χ1n) is 8.59. The van der Waals surface area contributed by atoms with Gasteiger partial charge in [0.25, 0.3) is 5.91 Å². The predicted molar refractivity (Wildman–Crippen MR) is 99.3 cm³/mol. The Morgan fingerprint density at radius 2 is 2.15 bits per heavy atom. The number of carbonyl (C=O) groups excluding carboxylic acids is 1. The van der Waals surface area contributed by atoms with Gasteiger partial charge in [0.1, 0.15) is 11.5 Å². The van der Waals surface area contributed by atoms with E-state index in [9.17, 15) is 4.79 Å². The van der Waals surface area contributed by atoms with Gasteiger partial charge in [-0.2, -0.15) is 0 Å². The average Bonchev–Trinajstić information content (AvgIpc) is 3.30. The molecule has 3 heterocycles. The Hall–Kier alpha value is -3.26. The molecule has 0 aliphatic carbocycles. The number of aromatic nitrogens is 4. The maximum atomic E-state index is 12.6. The molecule has 1 aromatic carbocycles. The third-order valence-electron chi connectivity index (χ3n) is 4.34. The molecule has 0 saturated heterocycles. The molecule has 0 saturated carbocycles. The van der Waals surface area contributed by atoms with E-state index in [0.29, 0.717) is 42.2 Å². The number of nitrogens with zero attached hydrogens (tertiary/aromatic N) is 4. The molecule has 1 amide bonds. The summed E-state index contributed by atoms with van der Waals surface area (Å²) in [6.45, 7) is 3.40. The molecule has 8 nitrogen and oxygen atoms in total. The van der Waals surface area contributed by atoms with E-state index in [0.717, 1.165) is 16.7 Å². The van der Waals surface area contributed by atoms with Crippen molar-refractivity contribution in [2.24, 2.45) is 0 Å². The first kappa shape index (κ1) is 17.2. The predicted octanol–water partition coefficient (Wildman–Crippen LogP) is 2.46. The molecule has 27 heavy (non-hydrogen) atoms. The van der Waals surface area contributed by atoms with Crippen molar-refractivity contribution in [2.75, 3.05) is 13.7 Å². The first-order chi connectivity index (χ1) is 13.2. The molecule has 0 spiro atoms. The number of imidazole rings is 1. The summed E-state index contributed by atoms with van der Waals surface area (Å²) in [4.78, 5) is 16.9. The van der Waals surface area contributed by atoms with Crippen LogP contribution >= 0.6 is 0 Å². The Kier molecular flexibility index (Phi) is 4.55. The van der Waals surface area contributed by atoms with E-state index < -0.39 is 0 Å². The highest BCUT2D eigenvalue weighted by molar-refractivity contribution is 6.05. The van der Waals surface area contributed by atoms with E-state index in [-0.39, 0.29) is 5.91 Å². The molecule has 4 rings (SSSR count). The number of aryl methyl sites for hydroxylation is 1. The van der Waals surface area contributed by atoms with Gasteiger partial charge in [0, 0.05) is 24.6 Å². The van der Waals surface area contributed by atoms with Crippen molar-refractivity contribution >= 4 is 28.0 Å². The second-order valence-electron chi connectivity index (χ2n) is 6.23. The summed E-state index contributed by atoms with van der Waals surface area (Å²) >= 11 is 0. The molecular formula is C19H19N5O3. The highest BCUT2D eigenvalue weighted by Crippen LogP contribution is 2.23. The van der Waals surface area contributed by atoms with E-state index in [1.165, 1.54) is 0 Å². The number of hydrogen-bond donors (Lipinski definition) is 1. The lowest BCUT2D eigenvalue weighted by Crippen LogP contribution is -2.22. The maximum absolute atomic E-state index is 12.6. The Labute approximate surface area is 155 Å². The smallest absolute Gasteiger partial charge is 0.251 e. The van der Waals surface area contributed by atoms with Crippen LogP contribution in [0.1, 0.15) is 21.9 Å². The van der Waals surface area contributed by atoms with Gasteiger partial charge in [-0.3, -0.25) is 4.79 Å². The lowest BCUT2D eigenvalue weighted by molar-refractivity contribution is 0.0948. The van der Waals surface area contributed by atoms with E-state index in [1.807, 2.05) is 29.7 Å². The van der Waals surface area contributed by atoms with Crippen LogP contribution in [0.15, 0.2) is 41.1 Å². The minimum atomic E-state index is -0.182. The molecule has 0 bridgehead atoms. The molecule has 0 fully saturated rings. The summed E-state index contributed by atoms with van der Waals surface area (Å²) in [6, 6.07) is 9.07. The zero-order valence-corrected chi connectivity index (χ0v) is 15.1. The number of benzene rings is 1. The number of fused-ring (bicyclic) bond motifs is 3. The number of ether oxygens (including phenoxy) is 1. The van der Waals surface area contributed by atoms with Crippen molar-refractivity contribution in [1.82, 2.24) is 25.1 Å². The van der Waals surface area contributed by atoms with Crippen molar-refractivity contribution in [1.29, 1.82) is 0 Å². The summed E-state index contributed by atoms with van der Waals surface area (Å²) < 4.78 is 12.6. The topological polar surface area (TPSA) is 95.1 Å². The Bertz CT molecular complexity index is 1120. The molecule has 0 aliphatic rings. The molecule has 0 atom stereocenters. The zero-order chi connectivity index (χ0) is 18.8. The maximum Gasteiger partial charge on any atom is 0.251 e. The highest BCUT2D eigenvalue weighted by atomic mass is 16.5. The van der Waals surface area contributed by atoms with Gasteiger partial charge in [-0.15, -0.1) is 10.2 Å². The SMILES string of the molecule is COCCn1cnc2nnc3ccc(C(=O)NCc4ccc(C)o4)cc3c21. The van der Waals surface area contributed by atoms with Gasteiger partial charge in [0.2, 0.25) is 5.65 Å². The lowest BCUT2D eigenvalue weighted by Gasteiger charge is -2.07. The third-order valence-corrected chi connectivity index (χ3v) is 4.34. The van der Waals surface area contributed by atoms with Crippen molar-refractivity contribution in [3.05, 3.63) is 53.7 Å². The second-order valence-corrected chi connectivity index (χ2v) is 6.23. The van der Waals surface area contributed by atoms with Crippen LogP contribution in [0.2, 0.25) is 0 Å². The number of rotatable bonds is 6. The minimum absolute atomic E-state index is 0.182. The highest BCUT2D eigenvalue weighted by Gasteiger charge is 2.13. The summed E-state index contributed by atoms with van der Waals surface area (Å²) in [5, 5.41) is 12.1. The van der Waals surface area contributed by atoms with Crippen molar-refractivity contribution < 1.29 is 13.9 Å². The van der Waals surface area contributed by atoms with Crippen LogP contribution in [0.4, 0.5) is 0 Å². The van der Waals surface area contributed by atoms with Gasteiger partial charge >= 0.3 is 0 Å². The van der Waals surface area contributed by atoms with E-state index in [2.05, 4.69) is 20.5 Å². The van der Waals surface area contributed by atoms with Gasteiger partial charge in [-0.05, 0) is 37.3 Å². The normalized spacial score (nSPS) is 11.3. The molecule has 0 unspecified atom stereocenters. The molecule has 0 radical (unpaired) electrons. The van der Waals surface area contributed by atoms with Gasteiger partial charge in [-0.1, -0.05) is 0 Å². The molecule has 1 N–H and O–H groups in total. The third kappa shape index (κ3) is 3.39. The monoisotopic (exact) mass is 365 g/mol. The average molecular weight is 365 g/mol. The Morgan fingerprint density at radius 1 is 1.26 bits per heavy atom. The first-order valence-corrected chi connectivity index (χ1v) is 8.59. The van der Waals surface area contributed by atoms with Gasteiger partial charge < -0.3 is 19.0 Å². The van der Waals surface area contributed by atoms with Crippen LogP contribution in [-0.2, 0) is 17.8 Å². The van der Waals surface area contributed by atoms with Crippen LogP contribution in [-0.4, -0.2) is 39.4 Å². The van der Waals surface area contributed by atoms with Crippen LogP contribution in [0.5, 0.6) is 0 Å². The Morgan fingerprint density at radius 3 is 2.93 bits per heavy atom. The largest absolute Gasteiger partial charge is 0.465 e. The van der Waals surface area contributed by atoms with E-state index in [4.69, 9.17) is 9.15 Å². The molecular weight excluding hydrogens is 346 g/mol. The number of amides is 1. The number of hydrogen-bond acceptors (Lipinski definition) is 6. The van der Waals surface area contributed by atoms with Gasteiger partial charge in [0.05, 0.1) is 30.5 Å². The molecule has 0 aliphatic heterocycles. The summed E-state index contributed by atoms with van der Waals surface area (Å²) in [6.07, 6.45) is 1.71. The quantitative estimate of drug-likeness (QED) is 0.564. The lowest BCUT2D eigenvalue weighted by atomic mass is 10.1. The number of furan rings is 1. The second kappa shape index (κ2) is 7.16. The van der Waals surface area contributed by atoms with E-state index in [1.54, 1.807) is 25.6 Å².